The largest absolute Gasteiger partial charge is 0.454 e. The molecule has 1 aromatic rings. The molecule has 0 spiro atoms. The molecule has 3 heteroatoms. The summed E-state index contributed by atoms with van der Waals surface area (Å²) in [4.78, 5) is 0. The van der Waals surface area contributed by atoms with E-state index in [0.29, 0.717) is 12.9 Å². The van der Waals surface area contributed by atoms with Crippen LogP contribution in [0, 0.1) is 0 Å². The second-order valence-corrected chi connectivity index (χ2v) is 3.37. The van der Waals surface area contributed by atoms with Crippen LogP contribution < -0.4 is 9.47 Å². The second kappa shape index (κ2) is 2.39. The molecule has 0 saturated carbocycles. The highest BCUT2D eigenvalue weighted by molar-refractivity contribution is 5.45. The molecule has 1 aromatic carbocycles. The van der Waals surface area contributed by atoms with Crippen molar-refractivity contribution in [3.63, 3.8) is 0 Å². The van der Waals surface area contributed by atoms with Gasteiger partial charge in [-0.2, -0.15) is 0 Å². The van der Waals surface area contributed by atoms with Crippen LogP contribution in [-0.4, -0.2) is 12.9 Å². The van der Waals surface area contributed by atoms with Crippen LogP contribution in [0.5, 0.6) is 11.5 Å². The summed E-state index contributed by atoms with van der Waals surface area (Å²) in [7, 11) is 0. The zero-order valence-electron chi connectivity index (χ0n) is 7.32. The Morgan fingerprint density at radius 3 is 2.77 bits per heavy atom. The van der Waals surface area contributed by atoms with Gasteiger partial charge in [0.2, 0.25) is 6.79 Å². The molecule has 2 aliphatic heterocycles. The average Bonchev–Trinajstić information content (AvgIpc) is 2.70. The first-order valence-corrected chi connectivity index (χ1v) is 4.39. The molecule has 0 aromatic heterocycles. The van der Waals surface area contributed by atoms with Crippen molar-refractivity contribution in [3.8, 4) is 11.5 Å². The predicted molar refractivity (Wildman–Crippen MR) is 45.9 cm³/mol. The topological polar surface area (TPSA) is 31.0 Å². The van der Waals surface area contributed by atoms with Gasteiger partial charge in [-0.1, -0.05) is 6.07 Å². The lowest BCUT2D eigenvalue weighted by atomic mass is 10.1. The maximum Gasteiger partial charge on any atom is 0.231 e. The van der Waals surface area contributed by atoms with Crippen LogP contribution in [0.3, 0.4) is 0 Å². The van der Waals surface area contributed by atoms with Crippen LogP contribution in [0.15, 0.2) is 18.2 Å². The summed E-state index contributed by atoms with van der Waals surface area (Å²) < 4.78 is 15.9. The minimum Gasteiger partial charge on any atom is -0.454 e. The van der Waals surface area contributed by atoms with Crippen molar-refractivity contribution in [1.29, 1.82) is 0 Å². The Morgan fingerprint density at radius 2 is 2.00 bits per heavy atom. The van der Waals surface area contributed by atoms with Gasteiger partial charge in [0.05, 0.1) is 6.10 Å². The van der Waals surface area contributed by atoms with Crippen molar-refractivity contribution in [2.75, 3.05) is 6.79 Å². The zero-order valence-corrected chi connectivity index (χ0v) is 7.32. The summed E-state index contributed by atoms with van der Waals surface area (Å²) in [6, 6.07) is 5.96. The van der Waals surface area contributed by atoms with Gasteiger partial charge in [-0.05, 0) is 24.6 Å². The third kappa shape index (κ3) is 1.08. The fourth-order valence-electron chi connectivity index (χ4n) is 1.63. The van der Waals surface area contributed by atoms with Crippen molar-refractivity contribution in [3.05, 3.63) is 23.8 Å². The van der Waals surface area contributed by atoms with E-state index in [1.165, 1.54) is 5.56 Å². The molecule has 3 rings (SSSR count). The Kier molecular flexibility index (Phi) is 1.32. The first kappa shape index (κ1) is 7.21. The molecule has 3 nitrogen and oxygen atoms in total. The molecule has 1 saturated heterocycles. The van der Waals surface area contributed by atoms with Gasteiger partial charge < -0.3 is 14.2 Å². The first-order chi connectivity index (χ1) is 6.34. The van der Waals surface area contributed by atoms with E-state index in [4.69, 9.17) is 14.2 Å². The van der Waals surface area contributed by atoms with E-state index in [1.54, 1.807) is 0 Å². The van der Waals surface area contributed by atoms with Gasteiger partial charge in [0.1, 0.15) is 6.10 Å². The van der Waals surface area contributed by atoms with Crippen molar-refractivity contribution in [2.45, 2.75) is 19.1 Å². The van der Waals surface area contributed by atoms with Crippen LogP contribution in [0.1, 0.15) is 18.6 Å². The van der Waals surface area contributed by atoms with Gasteiger partial charge >= 0.3 is 0 Å². The highest BCUT2D eigenvalue weighted by Crippen LogP contribution is 2.42. The smallest absolute Gasteiger partial charge is 0.231 e. The number of hydrogen-bond acceptors (Lipinski definition) is 3. The molecule has 1 fully saturated rings. The average molecular weight is 178 g/mol. The summed E-state index contributed by atoms with van der Waals surface area (Å²) in [5, 5.41) is 0. The summed E-state index contributed by atoms with van der Waals surface area (Å²) in [6.07, 6.45) is 0.606. The quantitative estimate of drug-likeness (QED) is 0.615. The fourth-order valence-corrected chi connectivity index (χ4v) is 1.63. The summed E-state index contributed by atoms with van der Waals surface area (Å²) in [5.41, 5.74) is 1.18. The van der Waals surface area contributed by atoms with E-state index >= 15 is 0 Å². The van der Waals surface area contributed by atoms with Crippen molar-refractivity contribution in [1.82, 2.24) is 0 Å². The number of ether oxygens (including phenoxy) is 3. The fraction of sp³-hybridized carbons (Fsp3) is 0.400. The molecule has 0 bridgehead atoms. The Labute approximate surface area is 76.2 Å². The van der Waals surface area contributed by atoms with Gasteiger partial charge in [0, 0.05) is 0 Å². The zero-order chi connectivity index (χ0) is 8.84. The van der Waals surface area contributed by atoms with Crippen molar-refractivity contribution in [2.24, 2.45) is 0 Å². The van der Waals surface area contributed by atoms with Crippen LogP contribution in [0.4, 0.5) is 0 Å². The van der Waals surface area contributed by atoms with Gasteiger partial charge in [0.25, 0.3) is 0 Å². The monoisotopic (exact) mass is 178 g/mol. The number of epoxide rings is 1. The maximum atomic E-state index is 5.37. The van der Waals surface area contributed by atoms with Gasteiger partial charge in [-0.3, -0.25) is 0 Å². The van der Waals surface area contributed by atoms with Gasteiger partial charge in [-0.15, -0.1) is 0 Å². The van der Waals surface area contributed by atoms with E-state index in [-0.39, 0.29) is 6.10 Å². The maximum absolute atomic E-state index is 5.37. The lowest BCUT2D eigenvalue weighted by Crippen LogP contribution is -1.92. The summed E-state index contributed by atoms with van der Waals surface area (Å²) in [5.74, 6) is 1.66. The highest BCUT2D eigenvalue weighted by Gasteiger charge is 2.36. The Bertz CT molecular complexity index is 348. The number of benzene rings is 1. The Balaban J connectivity index is 1.96. The Morgan fingerprint density at radius 1 is 1.23 bits per heavy atom. The van der Waals surface area contributed by atoms with E-state index in [9.17, 15) is 0 Å². The third-order valence-corrected chi connectivity index (χ3v) is 2.44. The van der Waals surface area contributed by atoms with Gasteiger partial charge in [0.15, 0.2) is 11.5 Å². The molecule has 0 amide bonds. The summed E-state index contributed by atoms with van der Waals surface area (Å²) in [6.45, 7) is 2.40. The first-order valence-electron chi connectivity index (χ1n) is 4.39. The highest BCUT2D eigenvalue weighted by atomic mass is 16.7. The normalized spacial score (nSPS) is 29.0. The SMILES string of the molecule is C[C@@H]1O[C@H]1c1ccc2c(c1)OCO2. The molecule has 2 aliphatic rings. The van der Waals surface area contributed by atoms with Crippen LogP contribution in [-0.2, 0) is 4.74 Å². The molecule has 68 valence electrons. The molecule has 0 N–H and O–H groups in total. The van der Waals surface area contributed by atoms with Crippen LogP contribution in [0.2, 0.25) is 0 Å². The van der Waals surface area contributed by atoms with Gasteiger partial charge in [-0.25, -0.2) is 0 Å². The molecule has 13 heavy (non-hydrogen) atoms. The lowest BCUT2D eigenvalue weighted by molar-refractivity contribution is 0.174. The van der Waals surface area contributed by atoms with Crippen molar-refractivity contribution >= 4 is 0 Å². The minimum atomic E-state index is 0.259. The molecule has 0 unspecified atom stereocenters. The second-order valence-electron chi connectivity index (χ2n) is 3.37. The standard InChI is InChI=1S/C10H10O3/c1-6-10(13-6)7-2-3-8-9(4-7)12-5-11-8/h2-4,6,10H,5H2,1H3/t6-,10+/m0/s1. The lowest BCUT2D eigenvalue weighted by Gasteiger charge is -1.98. The molecule has 2 atom stereocenters. The minimum absolute atomic E-state index is 0.259. The molecular formula is C10H10O3. The molecule has 0 radical (unpaired) electrons. The molecular weight excluding hydrogens is 168 g/mol. The van der Waals surface area contributed by atoms with Crippen LogP contribution in [0.25, 0.3) is 0 Å². The Hall–Kier alpha value is -1.22. The molecule has 0 aliphatic carbocycles. The number of rotatable bonds is 1. The number of fused-ring (bicyclic) bond motifs is 1. The van der Waals surface area contributed by atoms with E-state index in [1.807, 2.05) is 18.2 Å². The summed E-state index contributed by atoms with van der Waals surface area (Å²) >= 11 is 0. The number of hydrogen-bond donors (Lipinski definition) is 0. The van der Waals surface area contributed by atoms with E-state index < -0.39 is 0 Å². The predicted octanol–water partition coefficient (Wildman–Crippen LogP) is 1.88. The van der Waals surface area contributed by atoms with Crippen LogP contribution >= 0.6 is 0 Å². The molecule has 2 heterocycles. The van der Waals surface area contributed by atoms with Crippen molar-refractivity contribution < 1.29 is 14.2 Å². The van der Waals surface area contributed by atoms with E-state index in [2.05, 4.69) is 6.92 Å². The van der Waals surface area contributed by atoms with E-state index in [0.717, 1.165) is 11.5 Å². The third-order valence-electron chi connectivity index (χ3n) is 2.44.